The van der Waals surface area contributed by atoms with Gasteiger partial charge in [0.25, 0.3) is 0 Å². The zero-order valence-corrected chi connectivity index (χ0v) is 20.0. The van der Waals surface area contributed by atoms with E-state index in [1.807, 2.05) is 0 Å². The summed E-state index contributed by atoms with van der Waals surface area (Å²) in [6.45, 7) is 5.77. The molecule has 1 fully saturated rings. The first-order chi connectivity index (χ1) is 18.3. The first kappa shape index (κ1) is 16.6. The Hall–Kier alpha value is -2.04. The van der Waals surface area contributed by atoms with Gasteiger partial charge in [0.15, 0.2) is 17.9 Å². The second-order valence-corrected chi connectivity index (χ2v) is 9.34. The number of rotatable bonds is 6. The highest BCUT2D eigenvalue weighted by atomic mass is 19.1. The minimum absolute atomic E-state index is 0.311. The van der Waals surface area contributed by atoms with Crippen molar-refractivity contribution in [2.24, 2.45) is 11.3 Å². The van der Waals surface area contributed by atoms with Crippen LogP contribution in [0.15, 0.2) is 11.0 Å². The third kappa shape index (κ3) is 4.93. The van der Waals surface area contributed by atoms with Gasteiger partial charge in [-0.1, -0.05) is 40.9 Å². The number of aliphatic hydroxyl groups is 2. The summed E-state index contributed by atoms with van der Waals surface area (Å²) in [7, 11) is 0.868. The summed E-state index contributed by atoms with van der Waals surface area (Å²) >= 11 is 0. The average molecular weight is 481 g/mol. The van der Waals surface area contributed by atoms with Crippen molar-refractivity contribution in [3.63, 3.8) is 0 Å². The van der Waals surface area contributed by atoms with E-state index in [1.54, 1.807) is 20.8 Å². The summed E-state index contributed by atoms with van der Waals surface area (Å²) in [5.74, 6) is -5.44. The Bertz CT molecular complexity index is 1280. The molecule has 9 nitrogen and oxygen atoms in total. The standard InChI is InChI=1S/C23H38FN3O6/c1-10-13(2)11-14(3)32-20(30)26(9)17-15(24)12-27(19(29)25-17)18-16(28)22(7,31)23(8,33-18)21(4,5)6/h12-14,16,18,28,31H,10-11H2,1-9H3/t13?,14?,16-,18+,22-,23+/m0/s1/i1D3,10D2,11D2,13D,14D. The summed E-state index contributed by atoms with van der Waals surface area (Å²) in [4.78, 5) is 29.6. The van der Waals surface area contributed by atoms with E-state index in [0.717, 1.165) is 7.05 Å². The smallest absolute Gasteiger partial charge is 0.415 e. The zero-order valence-electron chi connectivity index (χ0n) is 29.0. The van der Waals surface area contributed by atoms with Gasteiger partial charge in [-0.05, 0) is 38.5 Å². The molecule has 2 rings (SSSR count). The molecule has 0 saturated carbocycles. The maximum absolute atomic E-state index is 15.2. The highest BCUT2D eigenvalue weighted by Crippen LogP contribution is 2.52. The van der Waals surface area contributed by atoms with Crippen LogP contribution in [-0.4, -0.2) is 56.3 Å². The highest BCUT2D eigenvalue weighted by Gasteiger charge is 2.65. The fraction of sp³-hybridized carbons (Fsp3) is 0.783. The highest BCUT2D eigenvalue weighted by molar-refractivity contribution is 5.85. The van der Waals surface area contributed by atoms with Crippen molar-refractivity contribution in [3.05, 3.63) is 22.5 Å². The number of hydrogen-bond donors (Lipinski definition) is 2. The van der Waals surface area contributed by atoms with Gasteiger partial charge < -0.3 is 19.7 Å². The zero-order chi connectivity index (χ0) is 33.4. The van der Waals surface area contributed by atoms with E-state index in [-0.39, 0.29) is 0 Å². The minimum atomic E-state index is -3.51. The van der Waals surface area contributed by atoms with Crippen LogP contribution in [0.1, 0.15) is 86.6 Å². The van der Waals surface area contributed by atoms with Gasteiger partial charge in [0.1, 0.15) is 23.4 Å². The summed E-state index contributed by atoms with van der Waals surface area (Å²) in [5.41, 5.74) is -5.31. The van der Waals surface area contributed by atoms with Crippen LogP contribution in [0, 0.1) is 17.1 Å². The van der Waals surface area contributed by atoms with Crippen LogP contribution in [0.2, 0.25) is 0 Å². The number of amides is 1. The van der Waals surface area contributed by atoms with Crippen LogP contribution in [0.3, 0.4) is 0 Å². The van der Waals surface area contributed by atoms with Crippen LogP contribution in [0.25, 0.3) is 0 Å². The molecule has 0 radical (unpaired) electrons. The topological polar surface area (TPSA) is 114 Å². The first-order valence-corrected chi connectivity index (χ1v) is 10.2. The summed E-state index contributed by atoms with van der Waals surface area (Å²) in [6.07, 6.45) is -14.5. The fourth-order valence-corrected chi connectivity index (χ4v) is 3.59. The van der Waals surface area contributed by atoms with Crippen molar-refractivity contribution < 1.29 is 41.2 Å². The number of hydrogen-bond acceptors (Lipinski definition) is 7. The van der Waals surface area contributed by atoms with E-state index in [9.17, 15) is 19.8 Å². The number of halogens is 1. The Kier molecular flexibility index (Phi) is 4.67. The van der Waals surface area contributed by atoms with Crippen LogP contribution in [0.4, 0.5) is 15.0 Å². The van der Waals surface area contributed by atoms with Gasteiger partial charge in [-0.15, -0.1) is 0 Å². The predicted octanol–water partition coefficient (Wildman–Crippen LogP) is 3.23. The Morgan fingerprint density at radius 2 is 2.12 bits per heavy atom. The number of aliphatic hydroxyl groups excluding tert-OH is 1. The second-order valence-electron chi connectivity index (χ2n) is 9.34. The number of aromatic nitrogens is 2. The van der Waals surface area contributed by atoms with Crippen LogP contribution < -0.4 is 10.6 Å². The molecule has 1 amide bonds. The number of ether oxygens (including phenoxy) is 2. The van der Waals surface area contributed by atoms with E-state index in [1.165, 1.54) is 13.8 Å². The lowest BCUT2D eigenvalue weighted by atomic mass is 9.67. The second kappa shape index (κ2) is 9.31. The lowest BCUT2D eigenvalue weighted by molar-refractivity contribution is -0.183. The lowest BCUT2D eigenvalue weighted by Gasteiger charge is -2.45. The number of carbonyl (C=O) groups is 1. The van der Waals surface area contributed by atoms with Gasteiger partial charge in [-0.2, -0.15) is 4.98 Å². The van der Waals surface area contributed by atoms with Crippen molar-refractivity contribution in [1.82, 2.24) is 9.55 Å². The third-order valence-electron chi connectivity index (χ3n) is 6.15. The molecule has 1 aromatic rings. The van der Waals surface area contributed by atoms with Gasteiger partial charge in [-0.25, -0.2) is 14.0 Å². The maximum Gasteiger partial charge on any atom is 0.415 e. The average Bonchev–Trinajstić information content (AvgIpc) is 2.98. The molecule has 33 heavy (non-hydrogen) atoms. The molecule has 1 saturated heterocycles. The molecule has 2 unspecified atom stereocenters. The summed E-state index contributed by atoms with van der Waals surface area (Å²) in [6, 6.07) is 0. The quantitative estimate of drug-likeness (QED) is 0.642. The van der Waals surface area contributed by atoms with Crippen LogP contribution in [-0.2, 0) is 9.47 Å². The number of nitrogens with zero attached hydrogens (tertiary/aromatic N) is 3. The predicted molar refractivity (Wildman–Crippen MR) is 121 cm³/mol. The SMILES string of the molecule is [2H]C([2H])([2H])C([2H])([2H])C([2H])(C)C([2H])([2H])C([2H])(C)OC(=O)N(C)c1nc(=O)n([C@@H]2O[C@](C)(C(C)(C)C)[C@@](C)(O)[C@H]2O)cc1F. The molecule has 188 valence electrons. The molecule has 2 N–H and O–H groups in total. The molecule has 10 heteroatoms. The van der Waals surface area contributed by atoms with E-state index in [4.69, 9.17) is 21.8 Å². The largest absolute Gasteiger partial charge is 0.446 e. The van der Waals surface area contributed by atoms with E-state index < -0.39 is 83.9 Å². The van der Waals surface area contributed by atoms with Gasteiger partial charge in [-0.3, -0.25) is 9.47 Å². The molecular formula is C23H38FN3O6. The van der Waals surface area contributed by atoms with E-state index >= 15 is 4.39 Å². The summed E-state index contributed by atoms with van der Waals surface area (Å²) < 4.78 is 97.4. The van der Waals surface area contributed by atoms with Crippen molar-refractivity contribution in [2.75, 3.05) is 11.9 Å². The van der Waals surface area contributed by atoms with Crippen molar-refractivity contribution in [1.29, 1.82) is 0 Å². The molecule has 1 aromatic heterocycles. The Morgan fingerprint density at radius 1 is 1.52 bits per heavy atom. The molecule has 1 aliphatic heterocycles. The molecule has 1 aliphatic rings. The molecule has 0 bridgehead atoms. The van der Waals surface area contributed by atoms with Crippen molar-refractivity contribution in [2.45, 2.75) is 97.7 Å². The molecule has 0 aliphatic carbocycles. The van der Waals surface area contributed by atoms with Gasteiger partial charge >= 0.3 is 11.8 Å². The van der Waals surface area contributed by atoms with Crippen LogP contribution in [0.5, 0.6) is 0 Å². The third-order valence-corrected chi connectivity index (χ3v) is 6.15. The van der Waals surface area contributed by atoms with Gasteiger partial charge in [0.05, 0.1) is 7.57 Å². The molecule has 2 heterocycles. The number of carbonyl (C=O) groups excluding carboxylic acids is 1. The normalized spacial score (nSPS) is 36.8. The van der Waals surface area contributed by atoms with Gasteiger partial charge in [0.2, 0.25) is 0 Å². The van der Waals surface area contributed by atoms with Crippen molar-refractivity contribution in [3.8, 4) is 0 Å². The van der Waals surface area contributed by atoms with Gasteiger partial charge in [0, 0.05) is 18.0 Å². The minimum Gasteiger partial charge on any atom is -0.446 e. The first-order valence-electron chi connectivity index (χ1n) is 14.7. The fourth-order valence-electron chi connectivity index (χ4n) is 3.59. The summed E-state index contributed by atoms with van der Waals surface area (Å²) in [5, 5.41) is 21.9. The van der Waals surface area contributed by atoms with Crippen molar-refractivity contribution >= 4 is 11.9 Å². The Balaban J connectivity index is 2.44. The maximum atomic E-state index is 15.2. The molecule has 0 spiro atoms. The molecule has 0 aromatic carbocycles. The number of anilines is 1. The van der Waals surface area contributed by atoms with E-state index in [0.29, 0.717) is 29.5 Å². The Morgan fingerprint density at radius 3 is 2.64 bits per heavy atom. The molecule has 6 atom stereocenters. The monoisotopic (exact) mass is 480 g/mol. The molecular weight excluding hydrogens is 433 g/mol. The van der Waals surface area contributed by atoms with Crippen LogP contribution >= 0.6 is 0 Å². The lowest BCUT2D eigenvalue weighted by Crippen LogP contribution is -2.59. The van der Waals surface area contributed by atoms with E-state index in [2.05, 4.69) is 4.98 Å². The Labute approximate surface area is 207 Å².